The van der Waals surface area contributed by atoms with Gasteiger partial charge in [-0.2, -0.15) is 0 Å². The Morgan fingerprint density at radius 1 is 1.08 bits per heavy atom. The van der Waals surface area contributed by atoms with Gasteiger partial charge in [0.15, 0.2) is 17.5 Å². The van der Waals surface area contributed by atoms with E-state index in [1.165, 1.54) is 25.9 Å². The summed E-state index contributed by atoms with van der Waals surface area (Å²) in [5.74, 6) is 3.41. The van der Waals surface area contributed by atoms with Crippen molar-refractivity contribution in [2.75, 3.05) is 55.1 Å². The first-order chi connectivity index (χ1) is 12.6. The molecule has 0 aromatic heterocycles. The lowest BCUT2D eigenvalue weighted by molar-refractivity contribution is 0.220. The van der Waals surface area contributed by atoms with Gasteiger partial charge in [0.25, 0.3) is 0 Å². The standard InChI is InChI=1S/C19H32N4O3/c1-20-19(21-12-14-6-8-23(2)9-7-14)22-13-15-10-16(24-3)18(26-5)17(11-15)25-4/h10-11,14H,6-9,12-13H2,1-5H3,(H2,20,21,22). The summed E-state index contributed by atoms with van der Waals surface area (Å²) >= 11 is 0. The number of guanidine groups is 1. The zero-order chi connectivity index (χ0) is 18.9. The van der Waals surface area contributed by atoms with E-state index >= 15 is 0 Å². The normalized spacial score (nSPS) is 16.3. The average Bonchev–Trinajstić information content (AvgIpc) is 2.68. The van der Waals surface area contributed by atoms with Gasteiger partial charge in [0.1, 0.15) is 0 Å². The van der Waals surface area contributed by atoms with Gasteiger partial charge in [-0.05, 0) is 56.6 Å². The van der Waals surface area contributed by atoms with Crippen LogP contribution < -0.4 is 24.8 Å². The van der Waals surface area contributed by atoms with Gasteiger partial charge in [0, 0.05) is 20.1 Å². The van der Waals surface area contributed by atoms with Crippen LogP contribution in [0, 0.1) is 5.92 Å². The Morgan fingerprint density at radius 2 is 1.69 bits per heavy atom. The van der Waals surface area contributed by atoms with Gasteiger partial charge in [0.2, 0.25) is 5.75 Å². The maximum Gasteiger partial charge on any atom is 0.203 e. The Morgan fingerprint density at radius 3 is 2.19 bits per heavy atom. The molecule has 2 rings (SSSR count). The van der Waals surface area contributed by atoms with E-state index in [1.807, 2.05) is 12.1 Å². The number of piperidine rings is 1. The molecule has 0 saturated carbocycles. The summed E-state index contributed by atoms with van der Waals surface area (Å²) in [5, 5.41) is 6.79. The molecular formula is C19H32N4O3. The second-order valence-electron chi connectivity index (χ2n) is 6.59. The molecule has 0 bridgehead atoms. The number of likely N-dealkylation sites (tertiary alicyclic amines) is 1. The SMILES string of the molecule is CN=C(NCc1cc(OC)c(OC)c(OC)c1)NCC1CCN(C)CC1. The van der Waals surface area contributed by atoms with Crippen LogP contribution in [0.15, 0.2) is 17.1 Å². The Balaban J connectivity index is 1.91. The lowest BCUT2D eigenvalue weighted by Crippen LogP contribution is -2.42. The maximum atomic E-state index is 5.41. The molecule has 1 heterocycles. The lowest BCUT2D eigenvalue weighted by atomic mass is 9.97. The van der Waals surface area contributed by atoms with Gasteiger partial charge in [-0.25, -0.2) is 0 Å². The molecule has 7 heteroatoms. The number of methoxy groups -OCH3 is 3. The topological polar surface area (TPSA) is 67.4 Å². The molecule has 26 heavy (non-hydrogen) atoms. The van der Waals surface area contributed by atoms with Crippen molar-refractivity contribution in [1.29, 1.82) is 0 Å². The second-order valence-corrected chi connectivity index (χ2v) is 6.59. The van der Waals surface area contributed by atoms with Crippen LogP contribution in [0.1, 0.15) is 18.4 Å². The van der Waals surface area contributed by atoms with Gasteiger partial charge in [-0.3, -0.25) is 4.99 Å². The molecule has 7 nitrogen and oxygen atoms in total. The van der Waals surface area contributed by atoms with Gasteiger partial charge in [-0.1, -0.05) is 0 Å². The van der Waals surface area contributed by atoms with Gasteiger partial charge >= 0.3 is 0 Å². The minimum absolute atomic E-state index is 0.600. The van der Waals surface area contributed by atoms with E-state index in [-0.39, 0.29) is 0 Å². The summed E-state index contributed by atoms with van der Waals surface area (Å²) in [6, 6.07) is 3.89. The summed E-state index contributed by atoms with van der Waals surface area (Å²) in [4.78, 5) is 6.70. The van der Waals surface area contributed by atoms with Crippen LogP contribution in [-0.2, 0) is 6.54 Å². The van der Waals surface area contributed by atoms with E-state index in [4.69, 9.17) is 14.2 Å². The maximum absolute atomic E-state index is 5.41. The predicted molar refractivity (Wildman–Crippen MR) is 105 cm³/mol. The minimum atomic E-state index is 0.600. The van der Waals surface area contributed by atoms with E-state index in [1.54, 1.807) is 28.4 Å². The highest BCUT2D eigenvalue weighted by Gasteiger charge is 2.17. The quantitative estimate of drug-likeness (QED) is 0.567. The van der Waals surface area contributed by atoms with E-state index in [0.29, 0.717) is 29.7 Å². The molecule has 1 saturated heterocycles. The highest BCUT2D eigenvalue weighted by molar-refractivity contribution is 5.79. The molecule has 0 atom stereocenters. The smallest absolute Gasteiger partial charge is 0.203 e. The monoisotopic (exact) mass is 364 g/mol. The molecule has 0 amide bonds. The summed E-state index contributed by atoms with van der Waals surface area (Å²) in [6.07, 6.45) is 2.46. The van der Waals surface area contributed by atoms with Crippen molar-refractivity contribution < 1.29 is 14.2 Å². The molecule has 0 aliphatic carbocycles. The molecule has 2 N–H and O–H groups in total. The third kappa shape index (κ3) is 5.42. The molecule has 1 aliphatic rings. The van der Waals surface area contributed by atoms with Crippen LogP contribution in [0.4, 0.5) is 0 Å². The van der Waals surface area contributed by atoms with Crippen molar-refractivity contribution in [2.45, 2.75) is 19.4 Å². The van der Waals surface area contributed by atoms with Crippen LogP contribution in [-0.4, -0.2) is 65.9 Å². The van der Waals surface area contributed by atoms with Crippen LogP contribution >= 0.6 is 0 Å². The number of benzene rings is 1. The van der Waals surface area contributed by atoms with Crippen molar-refractivity contribution in [1.82, 2.24) is 15.5 Å². The number of ether oxygens (including phenoxy) is 3. The predicted octanol–water partition coefficient (Wildman–Crippen LogP) is 1.72. The summed E-state index contributed by atoms with van der Waals surface area (Å²) in [6.45, 7) is 3.90. The first-order valence-corrected chi connectivity index (χ1v) is 9.03. The van der Waals surface area contributed by atoms with Crippen LogP contribution in [0.5, 0.6) is 17.2 Å². The van der Waals surface area contributed by atoms with Gasteiger partial charge in [-0.15, -0.1) is 0 Å². The highest BCUT2D eigenvalue weighted by Crippen LogP contribution is 2.38. The van der Waals surface area contributed by atoms with E-state index in [0.717, 1.165) is 18.1 Å². The third-order valence-corrected chi connectivity index (χ3v) is 4.80. The number of hydrogen-bond acceptors (Lipinski definition) is 5. The second kappa shape index (κ2) is 10.1. The van der Waals surface area contributed by atoms with E-state index < -0.39 is 0 Å². The fourth-order valence-corrected chi connectivity index (χ4v) is 3.15. The van der Waals surface area contributed by atoms with E-state index in [2.05, 4.69) is 27.6 Å². The van der Waals surface area contributed by atoms with Crippen molar-refractivity contribution in [2.24, 2.45) is 10.9 Å². The molecule has 1 aromatic carbocycles. The highest BCUT2D eigenvalue weighted by atomic mass is 16.5. The first-order valence-electron chi connectivity index (χ1n) is 9.03. The van der Waals surface area contributed by atoms with Crippen molar-refractivity contribution >= 4 is 5.96 Å². The first kappa shape index (κ1) is 20.2. The zero-order valence-electron chi connectivity index (χ0n) is 16.6. The molecule has 1 aliphatic heterocycles. The van der Waals surface area contributed by atoms with Gasteiger partial charge < -0.3 is 29.7 Å². The van der Waals surface area contributed by atoms with Crippen molar-refractivity contribution in [3.05, 3.63) is 17.7 Å². The number of hydrogen-bond donors (Lipinski definition) is 2. The lowest BCUT2D eigenvalue weighted by Gasteiger charge is -2.29. The Kier molecular flexibility index (Phi) is 7.84. The molecule has 0 spiro atoms. The van der Waals surface area contributed by atoms with Crippen LogP contribution in [0.25, 0.3) is 0 Å². The largest absolute Gasteiger partial charge is 0.493 e. The fraction of sp³-hybridized carbons (Fsp3) is 0.632. The number of nitrogens with zero attached hydrogens (tertiary/aromatic N) is 2. The minimum Gasteiger partial charge on any atom is -0.493 e. The van der Waals surface area contributed by atoms with Crippen LogP contribution in [0.2, 0.25) is 0 Å². The Labute approximate surface area is 156 Å². The Hall–Kier alpha value is -2.15. The number of aliphatic imine (C=N–C) groups is 1. The number of nitrogens with one attached hydrogen (secondary N) is 2. The molecule has 1 aromatic rings. The zero-order valence-corrected chi connectivity index (χ0v) is 16.6. The van der Waals surface area contributed by atoms with Crippen LogP contribution in [0.3, 0.4) is 0 Å². The fourth-order valence-electron chi connectivity index (χ4n) is 3.15. The van der Waals surface area contributed by atoms with E-state index in [9.17, 15) is 0 Å². The molecular weight excluding hydrogens is 332 g/mol. The van der Waals surface area contributed by atoms with Gasteiger partial charge in [0.05, 0.1) is 21.3 Å². The molecule has 0 unspecified atom stereocenters. The van der Waals surface area contributed by atoms with Crippen molar-refractivity contribution in [3.8, 4) is 17.2 Å². The average molecular weight is 364 g/mol. The summed E-state index contributed by atoms with van der Waals surface area (Å²) < 4.78 is 16.2. The Bertz CT molecular complexity index is 573. The molecule has 146 valence electrons. The number of rotatable bonds is 7. The summed E-state index contributed by atoms with van der Waals surface area (Å²) in [5.41, 5.74) is 1.03. The molecule has 1 fully saturated rings. The summed E-state index contributed by atoms with van der Waals surface area (Å²) in [7, 11) is 8.82. The van der Waals surface area contributed by atoms with Crippen molar-refractivity contribution in [3.63, 3.8) is 0 Å². The third-order valence-electron chi connectivity index (χ3n) is 4.80. The molecule has 0 radical (unpaired) electrons.